The lowest BCUT2D eigenvalue weighted by molar-refractivity contribution is -0.111. The molecule has 1 fully saturated rings. The van der Waals surface area contributed by atoms with E-state index < -0.39 is 21.7 Å². The van der Waals surface area contributed by atoms with Gasteiger partial charge in [0, 0.05) is 22.7 Å². The first kappa shape index (κ1) is 19.9. The minimum absolute atomic E-state index is 0.0955. The Kier molecular flexibility index (Phi) is 5.88. The first-order valence-corrected chi connectivity index (χ1v) is 10.8. The summed E-state index contributed by atoms with van der Waals surface area (Å²) in [5, 5.41) is 2.86. The van der Waals surface area contributed by atoms with Crippen molar-refractivity contribution in [2.75, 3.05) is 21.9 Å². The second-order valence-electron chi connectivity index (χ2n) is 5.89. The average molecular weight is 474 g/mol. The fourth-order valence-corrected chi connectivity index (χ4v) is 4.78. The van der Waals surface area contributed by atoms with Crippen molar-refractivity contribution in [2.24, 2.45) is 0 Å². The van der Waals surface area contributed by atoms with Gasteiger partial charge in [-0.25, -0.2) is 12.8 Å². The van der Waals surface area contributed by atoms with E-state index in [9.17, 15) is 17.6 Å². The van der Waals surface area contributed by atoms with Crippen LogP contribution in [0, 0.1) is 5.82 Å². The highest BCUT2D eigenvalue weighted by molar-refractivity contribution is 9.10. The molecule has 27 heavy (non-hydrogen) atoms. The minimum atomic E-state index is -3.34. The van der Waals surface area contributed by atoms with Crippen molar-refractivity contribution in [3.8, 4) is 0 Å². The van der Waals surface area contributed by atoms with Crippen LogP contribution in [0.4, 0.5) is 15.8 Å². The second-order valence-corrected chi connectivity index (χ2v) is 9.23. The fourth-order valence-electron chi connectivity index (χ4n) is 2.68. The monoisotopic (exact) mass is 472 g/mol. The van der Waals surface area contributed by atoms with Gasteiger partial charge in [0.2, 0.25) is 15.9 Å². The Bertz CT molecular complexity index is 1030. The van der Waals surface area contributed by atoms with E-state index in [1.807, 2.05) is 0 Å². The van der Waals surface area contributed by atoms with E-state index in [1.54, 1.807) is 18.2 Å². The van der Waals surface area contributed by atoms with Gasteiger partial charge in [0.05, 0.1) is 22.2 Å². The quantitative estimate of drug-likeness (QED) is 0.668. The maximum atomic E-state index is 13.7. The molecule has 2 aromatic rings. The minimum Gasteiger partial charge on any atom is -0.321 e. The van der Waals surface area contributed by atoms with Crippen LogP contribution >= 0.6 is 27.5 Å². The highest BCUT2D eigenvalue weighted by Gasteiger charge is 2.28. The van der Waals surface area contributed by atoms with Gasteiger partial charge in [-0.05, 0) is 48.9 Å². The van der Waals surface area contributed by atoms with Crippen molar-refractivity contribution in [1.82, 2.24) is 0 Å². The molecule has 1 heterocycles. The Morgan fingerprint density at radius 3 is 2.74 bits per heavy atom. The zero-order chi connectivity index (χ0) is 19.6. The van der Waals surface area contributed by atoms with Crippen LogP contribution in [0.15, 0.2) is 46.9 Å². The number of benzene rings is 2. The Labute approximate surface area is 170 Å². The van der Waals surface area contributed by atoms with E-state index in [2.05, 4.69) is 21.2 Å². The molecular formula is C18H15BrClFN2O3S. The summed E-state index contributed by atoms with van der Waals surface area (Å²) < 4.78 is 39.8. The Balaban J connectivity index is 1.79. The van der Waals surface area contributed by atoms with Gasteiger partial charge in [-0.1, -0.05) is 27.5 Å². The third-order valence-corrected chi connectivity index (χ3v) is 6.66. The molecule has 9 heteroatoms. The summed E-state index contributed by atoms with van der Waals surface area (Å²) >= 11 is 9.35. The van der Waals surface area contributed by atoms with Gasteiger partial charge in [-0.15, -0.1) is 0 Å². The number of halogens is 3. The van der Waals surface area contributed by atoms with Gasteiger partial charge >= 0.3 is 0 Å². The molecule has 1 N–H and O–H groups in total. The number of carbonyl (C=O) groups is 1. The zero-order valence-corrected chi connectivity index (χ0v) is 17.1. The van der Waals surface area contributed by atoms with Gasteiger partial charge < -0.3 is 5.32 Å². The molecule has 5 nitrogen and oxygen atoms in total. The lowest BCUT2D eigenvalue weighted by atomic mass is 10.2. The van der Waals surface area contributed by atoms with Crippen LogP contribution in [0.5, 0.6) is 0 Å². The predicted octanol–water partition coefficient (Wildman–Crippen LogP) is 4.43. The first-order chi connectivity index (χ1) is 12.8. The number of amides is 1. The molecule has 1 amide bonds. The van der Waals surface area contributed by atoms with Crippen LogP contribution in [0.2, 0.25) is 5.02 Å². The van der Waals surface area contributed by atoms with E-state index in [1.165, 1.54) is 34.7 Å². The predicted molar refractivity (Wildman–Crippen MR) is 109 cm³/mol. The molecule has 1 aliphatic rings. The molecule has 3 rings (SSSR count). The second kappa shape index (κ2) is 8.00. The molecule has 0 radical (unpaired) electrons. The number of sulfonamides is 1. The highest BCUT2D eigenvalue weighted by atomic mass is 79.9. The van der Waals surface area contributed by atoms with Gasteiger partial charge in [0.15, 0.2) is 0 Å². The Morgan fingerprint density at radius 2 is 2.04 bits per heavy atom. The molecule has 0 unspecified atom stereocenters. The van der Waals surface area contributed by atoms with Crippen LogP contribution in [0.3, 0.4) is 0 Å². The van der Waals surface area contributed by atoms with Gasteiger partial charge in [-0.3, -0.25) is 9.10 Å². The standard InChI is InChI=1S/C18H15BrClFN2O3S/c19-13-3-6-16(21)12(10-13)2-7-18(24)22-17-11-14(4-5-15(17)20)23-8-1-9-27(23,25)26/h2-7,10-11H,1,8-9H2,(H,22,24)/b7-2+. The van der Waals surface area contributed by atoms with Gasteiger partial charge in [-0.2, -0.15) is 0 Å². The van der Waals surface area contributed by atoms with E-state index in [0.717, 1.165) is 0 Å². The van der Waals surface area contributed by atoms with Crippen LogP contribution in [-0.2, 0) is 14.8 Å². The summed E-state index contributed by atoms with van der Waals surface area (Å²) in [4.78, 5) is 12.2. The largest absolute Gasteiger partial charge is 0.321 e. The molecular weight excluding hydrogens is 459 g/mol. The van der Waals surface area contributed by atoms with Crippen LogP contribution in [0.1, 0.15) is 12.0 Å². The number of hydrogen-bond donors (Lipinski definition) is 1. The number of hydrogen-bond acceptors (Lipinski definition) is 3. The topological polar surface area (TPSA) is 66.5 Å². The first-order valence-electron chi connectivity index (χ1n) is 8.00. The lowest BCUT2D eigenvalue weighted by Crippen LogP contribution is -2.25. The van der Waals surface area contributed by atoms with Crippen LogP contribution in [-0.4, -0.2) is 26.6 Å². The molecule has 1 aliphatic heterocycles. The Morgan fingerprint density at radius 1 is 1.26 bits per heavy atom. The van der Waals surface area contributed by atoms with Crippen molar-refractivity contribution < 1.29 is 17.6 Å². The number of rotatable bonds is 4. The smallest absolute Gasteiger partial charge is 0.248 e. The lowest BCUT2D eigenvalue weighted by Gasteiger charge is -2.18. The number of nitrogens with one attached hydrogen (secondary N) is 1. The SMILES string of the molecule is O=C(/C=C/c1cc(Br)ccc1F)Nc1cc(N2CCCS2(=O)=O)ccc1Cl. The number of anilines is 2. The third-order valence-electron chi connectivity index (χ3n) is 3.97. The number of nitrogens with zero attached hydrogens (tertiary/aromatic N) is 1. The maximum absolute atomic E-state index is 13.7. The molecule has 0 atom stereocenters. The van der Waals surface area contributed by atoms with Gasteiger partial charge in [0.1, 0.15) is 5.82 Å². The summed E-state index contributed by atoms with van der Waals surface area (Å²) in [7, 11) is -3.34. The van der Waals surface area contributed by atoms with E-state index in [4.69, 9.17) is 11.6 Å². The summed E-state index contributed by atoms with van der Waals surface area (Å²) in [6.07, 6.45) is 3.08. The van der Waals surface area contributed by atoms with Gasteiger partial charge in [0.25, 0.3) is 0 Å². The zero-order valence-electron chi connectivity index (χ0n) is 14.0. The van der Waals surface area contributed by atoms with Crippen molar-refractivity contribution in [1.29, 1.82) is 0 Å². The molecule has 0 aromatic heterocycles. The van der Waals surface area contributed by atoms with Crippen molar-refractivity contribution in [3.63, 3.8) is 0 Å². The fraction of sp³-hybridized carbons (Fsp3) is 0.167. The molecule has 142 valence electrons. The molecule has 0 spiro atoms. The number of carbonyl (C=O) groups excluding carboxylic acids is 1. The third kappa shape index (κ3) is 4.69. The van der Waals surface area contributed by atoms with Crippen molar-refractivity contribution in [3.05, 3.63) is 63.4 Å². The van der Waals surface area contributed by atoms with Crippen LogP contribution < -0.4 is 9.62 Å². The molecule has 2 aromatic carbocycles. The van der Waals surface area contributed by atoms with Crippen molar-refractivity contribution >= 4 is 60.9 Å². The average Bonchev–Trinajstić information content (AvgIpc) is 2.97. The normalized spacial score (nSPS) is 16.0. The summed E-state index contributed by atoms with van der Waals surface area (Å²) in [5.74, 6) is -0.877. The van der Waals surface area contributed by atoms with E-state index in [-0.39, 0.29) is 22.0 Å². The van der Waals surface area contributed by atoms with Crippen molar-refractivity contribution in [2.45, 2.75) is 6.42 Å². The molecule has 0 aliphatic carbocycles. The molecule has 0 saturated carbocycles. The highest BCUT2D eigenvalue weighted by Crippen LogP contribution is 2.31. The summed E-state index contributed by atoms with van der Waals surface area (Å²) in [6, 6.07) is 9.02. The molecule has 1 saturated heterocycles. The summed E-state index contributed by atoms with van der Waals surface area (Å²) in [5.41, 5.74) is 0.970. The maximum Gasteiger partial charge on any atom is 0.248 e. The molecule has 0 bridgehead atoms. The van der Waals surface area contributed by atoms with Crippen LogP contribution in [0.25, 0.3) is 6.08 Å². The Hall–Kier alpha value is -1.90. The van der Waals surface area contributed by atoms with E-state index in [0.29, 0.717) is 23.1 Å². The van der Waals surface area contributed by atoms with E-state index >= 15 is 0 Å². The summed E-state index contributed by atoms with van der Waals surface area (Å²) in [6.45, 7) is 0.388.